The third kappa shape index (κ3) is 2.33. The van der Waals surface area contributed by atoms with E-state index in [1.807, 2.05) is 0 Å². The molecular formula is C8H10BNSY-. The van der Waals surface area contributed by atoms with Crippen molar-refractivity contribution in [2.75, 3.05) is 0 Å². The SMILES string of the molecule is [CH2-]c1nc2c(s1)CC[B]CC2.[Y]. The second-order valence-electron chi connectivity index (χ2n) is 2.84. The summed E-state index contributed by atoms with van der Waals surface area (Å²) in [5.74, 6) is 0. The molecule has 60 valence electrons. The van der Waals surface area contributed by atoms with Crippen LogP contribution in [-0.4, -0.2) is 12.3 Å². The van der Waals surface area contributed by atoms with Crippen LogP contribution in [0.3, 0.4) is 0 Å². The summed E-state index contributed by atoms with van der Waals surface area (Å²) in [6.07, 6.45) is 4.72. The molecule has 0 unspecified atom stereocenters. The molecule has 0 amide bonds. The Labute approximate surface area is 103 Å². The van der Waals surface area contributed by atoms with E-state index in [0.717, 1.165) is 11.4 Å². The van der Waals surface area contributed by atoms with Gasteiger partial charge in [0.05, 0.1) is 5.69 Å². The molecule has 0 saturated carbocycles. The van der Waals surface area contributed by atoms with Crippen molar-refractivity contribution in [3.8, 4) is 0 Å². The fraction of sp³-hybridized carbons (Fsp3) is 0.500. The Hall–Kier alpha value is 0.669. The van der Waals surface area contributed by atoms with E-state index in [9.17, 15) is 0 Å². The van der Waals surface area contributed by atoms with Crippen molar-refractivity contribution in [2.45, 2.75) is 25.5 Å². The molecule has 2 heterocycles. The molecule has 1 nitrogen and oxygen atoms in total. The van der Waals surface area contributed by atoms with Gasteiger partial charge in [0.15, 0.2) is 0 Å². The van der Waals surface area contributed by atoms with Crippen LogP contribution in [0.5, 0.6) is 0 Å². The van der Waals surface area contributed by atoms with E-state index >= 15 is 0 Å². The van der Waals surface area contributed by atoms with Crippen molar-refractivity contribution in [1.29, 1.82) is 0 Å². The molecule has 0 atom stereocenters. The Morgan fingerprint density at radius 1 is 1.33 bits per heavy atom. The van der Waals surface area contributed by atoms with Gasteiger partial charge in [-0.15, -0.1) is 0 Å². The Bertz CT molecular complexity index is 238. The second kappa shape index (κ2) is 4.78. The predicted molar refractivity (Wildman–Crippen MR) is 49.3 cm³/mol. The normalized spacial score (nSPS) is 15.3. The quantitative estimate of drug-likeness (QED) is 0.508. The van der Waals surface area contributed by atoms with Crippen LogP contribution in [0.4, 0.5) is 0 Å². The van der Waals surface area contributed by atoms with Crippen molar-refractivity contribution in [1.82, 2.24) is 4.98 Å². The van der Waals surface area contributed by atoms with E-state index in [1.54, 1.807) is 11.3 Å². The van der Waals surface area contributed by atoms with E-state index in [4.69, 9.17) is 0 Å². The first-order valence-corrected chi connectivity index (χ1v) is 4.80. The minimum Gasteiger partial charge on any atom is -0.346 e. The molecule has 0 aromatic carbocycles. The average molecular weight is 252 g/mol. The summed E-state index contributed by atoms with van der Waals surface area (Å²) in [5, 5.41) is 0.983. The zero-order valence-corrected chi connectivity index (χ0v) is 10.7. The van der Waals surface area contributed by atoms with Crippen molar-refractivity contribution >= 4 is 18.6 Å². The predicted octanol–water partition coefficient (Wildman–Crippen LogP) is 1.96. The number of nitrogens with zero attached hydrogens (tertiary/aromatic N) is 1. The molecule has 4 heteroatoms. The molecule has 0 fully saturated rings. The molecule has 0 saturated heterocycles. The van der Waals surface area contributed by atoms with Crippen molar-refractivity contribution < 1.29 is 32.7 Å². The fourth-order valence-electron chi connectivity index (χ4n) is 1.44. The maximum absolute atomic E-state index is 4.40. The van der Waals surface area contributed by atoms with Gasteiger partial charge in [0, 0.05) is 37.6 Å². The number of hydrogen-bond donors (Lipinski definition) is 0. The first-order valence-electron chi connectivity index (χ1n) is 3.98. The maximum Gasteiger partial charge on any atom is 0.110 e. The van der Waals surface area contributed by atoms with Gasteiger partial charge in [-0.05, 0) is 17.8 Å². The number of aryl methyl sites for hydroxylation is 2. The Morgan fingerprint density at radius 3 is 2.92 bits per heavy atom. The van der Waals surface area contributed by atoms with Gasteiger partial charge in [0.2, 0.25) is 0 Å². The summed E-state index contributed by atoms with van der Waals surface area (Å²) >= 11 is 1.76. The van der Waals surface area contributed by atoms with Gasteiger partial charge >= 0.3 is 0 Å². The molecule has 2 rings (SSSR count). The summed E-state index contributed by atoms with van der Waals surface area (Å²) in [6, 6.07) is 0. The number of fused-ring (bicyclic) bond motifs is 1. The largest absolute Gasteiger partial charge is 0.346 e. The van der Waals surface area contributed by atoms with Gasteiger partial charge in [-0.1, -0.05) is 12.6 Å². The third-order valence-corrected chi connectivity index (χ3v) is 3.00. The van der Waals surface area contributed by atoms with Crippen LogP contribution in [-0.2, 0) is 45.6 Å². The average Bonchev–Trinajstić information content (AvgIpc) is 2.17. The topological polar surface area (TPSA) is 12.9 Å². The zero-order valence-electron chi connectivity index (χ0n) is 7.05. The monoisotopic (exact) mass is 252 g/mol. The molecular weight excluding hydrogens is 242 g/mol. The molecule has 0 bridgehead atoms. The van der Waals surface area contributed by atoms with E-state index in [1.165, 1.54) is 29.6 Å². The van der Waals surface area contributed by atoms with Crippen molar-refractivity contribution in [3.63, 3.8) is 0 Å². The van der Waals surface area contributed by atoms with Crippen LogP contribution in [0.2, 0.25) is 12.6 Å². The van der Waals surface area contributed by atoms with Gasteiger partial charge < -0.3 is 6.92 Å². The third-order valence-electron chi connectivity index (χ3n) is 1.98. The number of thiazole rings is 1. The minimum absolute atomic E-state index is 0. The second-order valence-corrected chi connectivity index (χ2v) is 4.01. The van der Waals surface area contributed by atoms with Crippen LogP contribution in [0, 0.1) is 6.92 Å². The summed E-state index contributed by atoms with van der Waals surface area (Å²) in [7, 11) is 2.36. The molecule has 1 aromatic rings. The van der Waals surface area contributed by atoms with Crippen molar-refractivity contribution in [2.24, 2.45) is 0 Å². The molecule has 0 spiro atoms. The van der Waals surface area contributed by atoms with Gasteiger partial charge in [0.25, 0.3) is 0 Å². The van der Waals surface area contributed by atoms with E-state index in [-0.39, 0.29) is 32.7 Å². The fourth-order valence-corrected chi connectivity index (χ4v) is 2.37. The molecule has 0 aliphatic carbocycles. The van der Waals surface area contributed by atoms with E-state index in [2.05, 4.69) is 19.2 Å². The van der Waals surface area contributed by atoms with Crippen LogP contribution < -0.4 is 0 Å². The smallest absolute Gasteiger partial charge is 0.110 e. The minimum atomic E-state index is 0. The van der Waals surface area contributed by atoms with E-state index < -0.39 is 0 Å². The summed E-state index contributed by atoms with van der Waals surface area (Å²) in [6.45, 7) is 3.85. The summed E-state index contributed by atoms with van der Waals surface area (Å²) in [4.78, 5) is 5.86. The van der Waals surface area contributed by atoms with Crippen LogP contribution in [0.15, 0.2) is 0 Å². The van der Waals surface area contributed by atoms with E-state index in [0.29, 0.717) is 0 Å². The zero-order chi connectivity index (χ0) is 7.68. The Kier molecular flexibility index (Phi) is 4.28. The summed E-state index contributed by atoms with van der Waals surface area (Å²) < 4.78 is 0. The first-order chi connectivity index (χ1) is 5.36. The van der Waals surface area contributed by atoms with Crippen molar-refractivity contribution in [3.05, 3.63) is 22.5 Å². The molecule has 12 heavy (non-hydrogen) atoms. The Balaban J connectivity index is 0.000000720. The number of aromatic nitrogens is 1. The summed E-state index contributed by atoms with van der Waals surface area (Å²) in [5.41, 5.74) is 1.30. The molecule has 1 aromatic heterocycles. The van der Waals surface area contributed by atoms with Crippen LogP contribution in [0.25, 0.3) is 0 Å². The van der Waals surface area contributed by atoms with Crippen LogP contribution >= 0.6 is 11.3 Å². The molecule has 0 N–H and O–H groups in total. The Morgan fingerprint density at radius 2 is 2.08 bits per heavy atom. The standard InChI is InChI=1S/C8H10BNS.Y/c1-6-10-7-2-4-9-5-3-8(7)11-6;/h1-5H2;/q-1;. The number of hydrogen-bond acceptors (Lipinski definition) is 2. The maximum atomic E-state index is 4.40. The first kappa shape index (κ1) is 10.7. The molecule has 2 radical (unpaired) electrons. The van der Waals surface area contributed by atoms with Gasteiger partial charge in [0.1, 0.15) is 7.28 Å². The van der Waals surface area contributed by atoms with Gasteiger partial charge in [-0.25, -0.2) is 0 Å². The molecule has 1 aliphatic heterocycles. The van der Waals surface area contributed by atoms with Gasteiger partial charge in [-0.3, -0.25) is 4.98 Å². The van der Waals surface area contributed by atoms with Gasteiger partial charge in [-0.2, -0.15) is 11.3 Å². The number of rotatable bonds is 0. The van der Waals surface area contributed by atoms with Crippen LogP contribution in [0.1, 0.15) is 15.6 Å². The molecule has 1 aliphatic rings.